The zero-order valence-corrected chi connectivity index (χ0v) is 16.0. The Morgan fingerprint density at radius 3 is 2.04 bits per heavy atom. The Morgan fingerprint density at radius 2 is 1.48 bits per heavy atom. The van der Waals surface area contributed by atoms with Gasteiger partial charge in [-0.2, -0.15) is 0 Å². The molecule has 0 aliphatic heterocycles. The van der Waals surface area contributed by atoms with Crippen molar-refractivity contribution in [2.45, 2.75) is 71.1 Å². The van der Waals surface area contributed by atoms with Crippen LogP contribution in [0.15, 0.2) is 47.9 Å². The quantitative estimate of drug-likeness (QED) is 0.154. The summed E-state index contributed by atoms with van der Waals surface area (Å²) in [7, 11) is 0. The number of rotatable bonds is 16. The highest BCUT2D eigenvalue weighted by Gasteiger charge is 2.09. The van der Waals surface area contributed by atoms with Gasteiger partial charge >= 0.3 is 0 Å². The maximum atomic E-state index is 11.1. The fraction of sp³-hybridized carbons (Fsp3) is 0.550. The van der Waals surface area contributed by atoms with Gasteiger partial charge in [0.1, 0.15) is 0 Å². The Kier molecular flexibility index (Phi) is 15.3. The molecule has 0 aromatic heterocycles. The summed E-state index contributed by atoms with van der Waals surface area (Å²) >= 11 is 0. The van der Waals surface area contributed by atoms with Gasteiger partial charge in [-0.15, -0.1) is 0 Å². The molecule has 0 amide bonds. The minimum Gasteiger partial charge on any atom is -0.291 e. The van der Waals surface area contributed by atoms with Crippen molar-refractivity contribution in [3.63, 3.8) is 0 Å². The Labute approximate surface area is 160 Å². The molecule has 7 nitrogen and oxygen atoms in total. The number of nitro groups is 2. The van der Waals surface area contributed by atoms with Gasteiger partial charge in [-0.25, -0.2) is 0 Å². The predicted octanol–water partition coefficient (Wildman–Crippen LogP) is 5.45. The van der Waals surface area contributed by atoms with Gasteiger partial charge in [0.25, 0.3) is 0 Å². The molecule has 0 aromatic rings. The van der Waals surface area contributed by atoms with Crippen molar-refractivity contribution < 1.29 is 14.6 Å². The summed E-state index contributed by atoms with van der Waals surface area (Å²) in [6.07, 6.45) is 18.2. The predicted molar refractivity (Wildman–Crippen MR) is 106 cm³/mol. The molecule has 0 saturated carbocycles. The second-order valence-electron chi connectivity index (χ2n) is 6.02. The molecule has 0 fully saturated rings. The average Bonchev–Trinajstić information content (AvgIpc) is 2.63. The molecule has 0 unspecified atom stereocenters. The lowest BCUT2D eigenvalue weighted by atomic mass is 10.1. The van der Waals surface area contributed by atoms with Crippen molar-refractivity contribution >= 4 is 6.29 Å². The lowest BCUT2D eigenvalue weighted by molar-refractivity contribution is -0.427. The number of hydrogen-bond acceptors (Lipinski definition) is 5. The minimum absolute atomic E-state index is 0.0618. The zero-order valence-electron chi connectivity index (χ0n) is 16.0. The molecular formula is C20H29N2O5. The smallest absolute Gasteiger partial charge is 0.246 e. The molecule has 0 aliphatic carbocycles. The highest BCUT2D eigenvalue weighted by molar-refractivity contribution is 5.50. The standard InChI is InChI=1S/C20H29N2O5/c1-2-3-4-9-14-19(21(24)25)16-11-12-17-20(22(26)27)15-10-7-5-6-8-13-18-23/h5,7,11-12,14-15H,2-4,6,8-10,13,16-17H2,1H3/b7-5-,12-11-,19-14+,20-15+. The molecule has 0 spiro atoms. The van der Waals surface area contributed by atoms with Crippen LogP contribution >= 0.6 is 0 Å². The van der Waals surface area contributed by atoms with E-state index in [1.165, 1.54) is 6.08 Å². The van der Waals surface area contributed by atoms with Crippen LogP contribution in [0.2, 0.25) is 0 Å². The van der Waals surface area contributed by atoms with Gasteiger partial charge in [0.2, 0.25) is 11.4 Å². The van der Waals surface area contributed by atoms with Crippen molar-refractivity contribution in [3.05, 3.63) is 68.1 Å². The van der Waals surface area contributed by atoms with Crippen LogP contribution in [0.1, 0.15) is 71.1 Å². The summed E-state index contributed by atoms with van der Waals surface area (Å²) < 4.78 is 0. The third kappa shape index (κ3) is 14.3. The van der Waals surface area contributed by atoms with Gasteiger partial charge < -0.3 is 0 Å². The zero-order chi connectivity index (χ0) is 20.3. The Bertz CT molecular complexity index is 577. The molecule has 149 valence electrons. The molecular weight excluding hydrogens is 348 g/mol. The van der Waals surface area contributed by atoms with E-state index in [0.29, 0.717) is 19.3 Å². The summed E-state index contributed by atoms with van der Waals surface area (Å²) in [4.78, 5) is 31.3. The fourth-order valence-corrected chi connectivity index (χ4v) is 2.25. The normalized spacial score (nSPS) is 12.8. The van der Waals surface area contributed by atoms with Gasteiger partial charge in [-0.1, -0.05) is 44.1 Å². The molecule has 0 aromatic carbocycles. The highest BCUT2D eigenvalue weighted by atomic mass is 16.6. The lowest BCUT2D eigenvalue weighted by Gasteiger charge is -1.96. The van der Waals surface area contributed by atoms with E-state index in [9.17, 15) is 25.0 Å². The molecule has 0 heterocycles. The van der Waals surface area contributed by atoms with Gasteiger partial charge in [-0.3, -0.25) is 25.0 Å². The largest absolute Gasteiger partial charge is 0.291 e. The third-order valence-electron chi connectivity index (χ3n) is 3.78. The van der Waals surface area contributed by atoms with Gasteiger partial charge in [0.05, 0.1) is 22.7 Å². The monoisotopic (exact) mass is 377 g/mol. The summed E-state index contributed by atoms with van der Waals surface area (Å²) in [5.41, 5.74) is 0.191. The van der Waals surface area contributed by atoms with E-state index in [0.717, 1.165) is 32.1 Å². The maximum Gasteiger partial charge on any atom is 0.246 e. The van der Waals surface area contributed by atoms with E-state index >= 15 is 0 Å². The Morgan fingerprint density at radius 1 is 0.852 bits per heavy atom. The highest BCUT2D eigenvalue weighted by Crippen LogP contribution is 2.11. The van der Waals surface area contributed by atoms with E-state index in [4.69, 9.17) is 0 Å². The molecule has 0 N–H and O–H groups in total. The van der Waals surface area contributed by atoms with E-state index in [1.807, 2.05) is 18.4 Å². The summed E-state index contributed by atoms with van der Waals surface area (Å²) in [5, 5.41) is 22.1. The van der Waals surface area contributed by atoms with E-state index < -0.39 is 9.85 Å². The third-order valence-corrected chi connectivity index (χ3v) is 3.78. The number of hydrogen-bond donors (Lipinski definition) is 0. The van der Waals surface area contributed by atoms with Crippen molar-refractivity contribution in [1.82, 2.24) is 0 Å². The van der Waals surface area contributed by atoms with Crippen LogP contribution in [0.4, 0.5) is 0 Å². The lowest BCUT2D eigenvalue weighted by Crippen LogP contribution is -1.99. The van der Waals surface area contributed by atoms with Gasteiger partial charge in [0, 0.05) is 6.42 Å². The van der Waals surface area contributed by atoms with Crippen LogP contribution in [0.3, 0.4) is 0 Å². The molecule has 0 rings (SSSR count). The molecule has 0 bridgehead atoms. The van der Waals surface area contributed by atoms with Crippen LogP contribution in [-0.4, -0.2) is 16.1 Å². The molecule has 7 heteroatoms. The van der Waals surface area contributed by atoms with E-state index in [-0.39, 0.29) is 24.2 Å². The SMILES string of the molecule is CCCCC/C=C(\C/C=C\C/C(=C\C/C=C\CCC[C]=O)[N+](=O)[O-])[N+](=O)[O-]. The second kappa shape index (κ2) is 16.9. The second-order valence-corrected chi connectivity index (χ2v) is 6.02. The molecule has 1 radical (unpaired) electrons. The summed E-state index contributed by atoms with van der Waals surface area (Å²) in [6, 6.07) is 0. The first-order valence-corrected chi connectivity index (χ1v) is 9.34. The van der Waals surface area contributed by atoms with Crippen LogP contribution < -0.4 is 0 Å². The van der Waals surface area contributed by atoms with E-state index in [2.05, 4.69) is 6.92 Å². The van der Waals surface area contributed by atoms with Crippen molar-refractivity contribution in [2.24, 2.45) is 0 Å². The fourth-order valence-electron chi connectivity index (χ4n) is 2.25. The van der Waals surface area contributed by atoms with Gasteiger partial charge in [-0.05, 0) is 44.3 Å². The maximum absolute atomic E-state index is 11.1. The first-order valence-electron chi connectivity index (χ1n) is 9.34. The van der Waals surface area contributed by atoms with Gasteiger partial charge in [0.15, 0.2) is 6.29 Å². The molecule has 0 aliphatic rings. The summed E-state index contributed by atoms with van der Waals surface area (Å²) in [5.74, 6) is 0. The van der Waals surface area contributed by atoms with Crippen LogP contribution in [-0.2, 0) is 4.79 Å². The average molecular weight is 377 g/mol. The number of allylic oxidation sites excluding steroid dienone is 6. The molecule has 0 saturated heterocycles. The Balaban J connectivity index is 4.48. The van der Waals surface area contributed by atoms with Crippen molar-refractivity contribution in [3.8, 4) is 0 Å². The first kappa shape index (κ1) is 24.4. The van der Waals surface area contributed by atoms with E-state index in [1.54, 1.807) is 18.2 Å². The van der Waals surface area contributed by atoms with Crippen LogP contribution in [0, 0.1) is 20.2 Å². The van der Waals surface area contributed by atoms with Crippen LogP contribution in [0.5, 0.6) is 0 Å². The summed E-state index contributed by atoms with van der Waals surface area (Å²) in [6.45, 7) is 2.07. The minimum atomic E-state index is -0.436. The van der Waals surface area contributed by atoms with Crippen LogP contribution in [0.25, 0.3) is 0 Å². The number of unbranched alkanes of at least 4 members (excludes halogenated alkanes) is 5. The topological polar surface area (TPSA) is 103 Å². The molecule has 0 atom stereocenters. The van der Waals surface area contributed by atoms with Crippen molar-refractivity contribution in [1.29, 1.82) is 0 Å². The first-order chi connectivity index (χ1) is 13.0. The number of nitrogens with zero attached hydrogens (tertiary/aromatic N) is 2. The Hall–Kier alpha value is -2.57. The number of carbonyl (C=O) groups excluding carboxylic acids is 1. The van der Waals surface area contributed by atoms with Crippen molar-refractivity contribution in [2.75, 3.05) is 0 Å². The molecule has 27 heavy (non-hydrogen) atoms.